The van der Waals surface area contributed by atoms with Crippen molar-refractivity contribution in [3.8, 4) is 0 Å². The molecule has 148 valence electrons. The van der Waals surface area contributed by atoms with E-state index >= 15 is 0 Å². The third-order valence-electron chi connectivity index (χ3n) is 3.96. The Morgan fingerprint density at radius 1 is 0.600 bits per heavy atom. The predicted octanol–water partition coefficient (Wildman–Crippen LogP) is 5.53. The van der Waals surface area contributed by atoms with E-state index in [0.717, 1.165) is 25.7 Å². The van der Waals surface area contributed by atoms with Crippen LogP contribution in [0, 0.1) is 0 Å². The van der Waals surface area contributed by atoms with Gasteiger partial charge in [-0.2, -0.15) is 0 Å². The number of ether oxygens (including phenoxy) is 2. The lowest BCUT2D eigenvalue weighted by Gasteiger charge is -2.06. The fourth-order valence-electron chi connectivity index (χ4n) is 2.44. The maximum absolute atomic E-state index is 11.6. The first-order chi connectivity index (χ1) is 12.2. The Bertz CT molecular complexity index is 291. The molecular formula is C20H38O4S. The lowest BCUT2D eigenvalue weighted by atomic mass is 10.1. The van der Waals surface area contributed by atoms with Crippen LogP contribution in [0.25, 0.3) is 0 Å². The monoisotopic (exact) mass is 374 g/mol. The minimum absolute atomic E-state index is 0.224. The van der Waals surface area contributed by atoms with Gasteiger partial charge < -0.3 is 9.47 Å². The Balaban J connectivity index is 3.32. The van der Waals surface area contributed by atoms with Gasteiger partial charge in [-0.25, -0.2) is 0 Å². The molecule has 0 saturated heterocycles. The summed E-state index contributed by atoms with van der Waals surface area (Å²) < 4.78 is 10.3. The van der Waals surface area contributed by atoms with Crippen molar-refractivity contribution in [1.29, 1.82) is 0 Å². The molecule has 0 aliphatic carbocycles. The number of carbonyl (C=O) groups is 2. The molecule has 0 atom stereocenters. The molecule has 0 amide bonds. The SMILES string of the molecule is CCCCCCCCOC(=O)CSCC(=O)OCCCCCCCC. The third-order valence-corrected chi connectivity index (χ3v) is 4.84. The second-order valence-electron chi connectivity index (χ2n) is 6.47. The minimum atomic E-state index is -0.234. The molecule has 0 N–H and O–H groups in total. The molecule has 4 nitrogen and oxygen atoms in total. The van der Waals surface area contributed by atoms with Crippen molar-refractivity contribution < 1.29 is 19.1 Å². The van der Waals surface area contributed by atoms with Gasteiger partial charge in [-0.1, -0.05) is 78.1 Å². The number of thioether (sulfide) groups is 1. The first kappa shape index (κ1) is 24.3. The summed E-state index contributed by atoms with van der Waals surface area (Å²) in [6.07, 6.45) is 14.1. The highest BCUT2D eigenvalue weighted by Gasteiger charge is 2.07. The summed E-state index contributed by atoms with van der Waals surface area (Å²) in [7, 11) is 0. The second-order valence-corrected chi connectivity index (χ2v) is 7.45. The van der Waals surface area contributed by atoms with Crippen molar-refractivity contribution in [2.24, 2.45) is 0 Å². The molecule has 0 aromatic carbocycles. The average molecular weight is 375 g/mol. The summed E-state index contributed by atoms with van der Waals surface area (Å²) in [5, 5.41) is 0. The molecule has 25 heavy (non-hydrogen) atoms. The predicted molar refractivity (Wildman–Crippen MR) is 106 cm³/mol. The van der Waals surface area contributed by atoms with E-state index in [9.17, 15) is 9.59 Å². The lowest BCUT2D eigenvalue weighted by molar-refractivity contribution is -0.140. The van der Waals surface area contributed by atoms with E-state index in [1.54, 1.807) is 0 Å². The molecule has 0 aliphatic rings. The molecule has 0 aliphatic heterocycles. The number of hydrogen-bond acceptors (Lipinski definition) is 5. The van der Waals surface area contributed by atoms with Crippen molar-refractivity contribution in [2.75, 3.05) is 24.7 Å². The third kappa shape index (κ3) is 19.5. The number of carbonyl (C=O) groups excluding carboxylic acids is 2. The molecule has 0 aromatic heterocycles. The van der Waals surface area contributed by atoms with Crippen LogP contribution >= 0.6 is 11.8 Å². The zero-order valence-corrected chi connectivity index (χ0v) is 17.2. The Morgan fingerprint density at radius 2 is 0.960 bits per heavy atom. The molecule has 0 heterocycles. The first-order valence-corrected chi connectivity index (χ1v) is 11.2. The number of hydrogen-bond donors (Lipinski definition) is 0. The summed E-state index contributed by atoms with van der Waals surface area (Å²) in [6, 6.07) is 0. The molecule has 0 spiro atoms. The van der Waals surface area contributed by atoms with Crippen molar-refractivity contribution in [3.63, 3.8) is 0 Å². The van der Waals surface area contributed by atoms with Crippen LogP contribution in [0.4, 0.5) is 0 Å². The van der Waals surface area contributed by atoms with E-state index in [-0.39, 0.29) is 23.4 Å². The van der Waals surface area contributed by atoms with Gasteiger partial charge >= 0.3 is 11.9 Å². The molecule has 0 aromatic rings. The molecule has 0 bridgehead atoms. The van der Waals surface area contributed by atoms with Crippen molar-refractivity contribution in [2.45, 2.75) is 90.9 Å². The van der Waals surface area contributed by atoms with Gasteiger partial charge in [-0.15, -0.1) is 11.8 Å². The van der Waals surface area contributed by atoms with Crippen molar-refractivity contribution in [3.05, 3.63) is 0 Å². The smallest absolute Gasteiger partial charge is 0.315 e. The van der Waals surface area contributed by atoms with Gasteiger partial charge in [-0.3, -0.25) is 9.59 Å². The maximum Gasteiger partial charge on any atom is 0.315 e. The zero-order chi connectivity index (χ0) is 18.6. The molecule has 0 unspecified atom stereocenters. The highest BCUT2D eigenvalue weighted by molar-refractivity contribution is 8.00. The molecule has 0 fully saturated rings. The highest BCUT2D eigenvalue weighted by Crippen LogP contribution is 2.07. The van der Waals surface area contributed by atoms with Crippen LogP contribution in [0.2, 0.25) is 0 Å². The van der Waals surface area contributed by atoms with Crippen molar-refractivity contribution in [1.82, 2.24) is 0 Å². The number of rotatable bonds is 18. The maximum atomic E-state index is 11.6. The van der Waals surface area contributed by atoms with Crippen LogP contribution in [0.1, 0.15) is 90.9 Å². The van der Waals surface area contributed by atoms with Crippen LogP contribution in [-0.2, 0) is 19.1 Å². The van der Waals surface area contributed by atoms with Gasteiger partial charge in [0.2, 0.25) is 0 Å². The Labute approximate surface area is 158 Å². The number of unbranched alkanes of at least 4 members (excludes halogenated alkanes) is 10. The van der Waals surface area contributed by atoms with Crippen LogP contribution in [0.5, 0.6) is 0 Å². The fraction of sp³-hybridized carbons (Fsp3) is 0.900. The summed E-state index contributed by atoms with van der Waals surface area (Å²) in [6.45, 7) is 5.38. The molecule has 5 heteroatoms. The van der Waals surface area contributed by atoms with Gasteiger partial charge in [-0.05, 0) is 12.8 Å². The standard InChI is InChI=1S/C20H38O4S/c1-3-5-7-9-11-13-15-23-19(21)17-25-18-20(22)24-16-14-12-10-8-6-4-2/h3-18H2,1-2H3. The molecular weight excluding hydrogens is 336 g/mol. The van der Waals surface area contributed by atoms with Crippen molar-refractivity contribution >= 4 is 23.7 Å². The van der Waals surface area contributed by atoms with Gasteiger partial charge in [0.25, 0.3) is 0 Å². The van der Waals surface area contributed by atoms with E-state index < -0.39 is 0 Å². The van der Waals surface area contributed by atoms with Crippen LogP contribution in [0.15, 0.2) is 0 Å². The van der Waals surface area contributed by atoms with Crippen LogP contribution in [0.3, 0.4) is 0 Å². The van der Waals surface area contributed by atoms with Gasteiger partial charge in [0.05, 0.1) is 24.7 Å². The van der Waals surface area contributed by atoms with Gasteiger partial charge in [0, 0.05) is 0 Å². The van der Waals surface area contributed by atoms with E-state index in [4.69, 9.17) is 9.47 Å². The number of esters is 2. The van der Waals surface area contributed by atoms with Gasteiger partial charge in [0.15, 0.2) is 0 Å². The van der Waals surface area contributed by atoms with E-state index in [1.807, 2.05) is 0 Å². The highest BCUT2D eigenvalue weighted by atomic mass is 32.2. The van der Waals surface area contributed by atoms with E-state index in [0.29, 0.717) is 13.2 Å². The van der Waals surface area contributed by atoms with Crippen LogP contribution < -0.4 is 0 Å². The molecule has 0 saturated carbocycles. The molecule has 0 rings (SSSR count). The quantitative estimate of drug-likeness (QED) is 0.233. The first-order valence-electron chi connectivity index (χ1n) is 10.1. The van der Waals surface area contributed by atoms with E-state index in [1.165, 1.54) is 63.1 Å². The summed E-state index contributed by atoms with van der Waals surface area (Å²) in [5.41, 5.74) is 0. The average Bonchev–Trinajstić information content (AvgIpc) is 2.60. The normalized spacial score (nSPS) is 10.6. The lowest BCUT2D eigenvalue weighted by Crippen LogP contribution is -2.13. The second kappa shape index (κ2) is 19.6. The largest absolute Gasteiger partial charge is 0.465 e. The summed E-state index contributed by atoms with van der Waals surface area (Å²) in [4.78, 5) is 23.1. The zero-order valence-electron chi connectivity index (χ0n) is 16.4. The topological polar surface area (TPSA) is 52.6 Å². The van der Waals surface area contributed by atoms with E-state index in [2.05, 4.69) is 13.8 Å². The summed E-state index contributed by atoms with van der Waals surface area (Å²) >= 11 is 1.27. The van der Waals surface area contributed by atoms with Crippen LogP contribution in [-0.4, -0.2) is 36.7 Å². The Kier molecular flexibility index (Phi) is 19.1. The minimum Gasteiger partial charge on any atom is -0.465 e. The Hall–Kier alpha value is -0.710. The summed E-state index contributed by atoms with van der Waals surface area (Å²) in [5.74, 6) is -0.0197. The van der Waals surface area contributed by atoms with Gasteiger partial charge in [0.1, 0.15) is 0 Å². The molecule has 0 radical (unpaired) electrons. The fourth-order valence-corrected chi connectivity index (χ4v) is 3.04. The Morgan fingerprint density at radius 3 is 1.36 bits per heavy atom.